The Bertz CT molecular complexity index is 349. The predicted molar refractivity (Wildman–Crippen MR) is 63.8 cm³/mol. The molecule has 82 valence electrons. The molecule has 1 rings (SSSR count). The summed E-state index contributed by atoms with van der Waals surface area (Å²) >= 11 is 5.92. The van der Waals surface area contributed by atoms with Crippen LogP contribution in [-0.2, 0) is 11.4 Å². The Morgan fingerprint density at radius 3 is 2.87 bits per heavy atom. The summed E-state index contributed by atoms with van der Waals surface area (Å²) < 4.78 is 0. The zero-order valence-corrected chi connectivity index (χ0v) is 9.90. The quantitative estimate of drug-likeness (QED) is 0.472. The number of nitrogens with one attached hydrogen (secondary N) is 1. The minimum atomic E-state index is 0.534. The van der Waals surface area contributed by atoms with E-state index in [0.29, 0.717) is 13.2 Å². The maximum atomic E-state index is 5.92. The summed E-state index contributed by atoms with van der Waals surface area (Å²) in [7, 11) is 0. The van der Waals surface area contributed by atoms with Crippen LogP contribution >= 0.6 is 11.6 Å². The summed E-state index contributed by atoms with van der Waals surface area (Å²) in [6.07, 6.45) is 0. The molecule has 0 aromatic heterocycles. The Labute approximate surface area is 95.9 Å². The second kappa shape index (κ2) is 5.91. The van der Waals surface area contributed by atoms with E-state index in [9.17, 15) is 0 Å². The molecule has 0 aliphatic heterocycles. The molecule has 0 aliphatic carbocycles. The minimum Gasteiger partial charge on any atom is -0.297 e. The topological polar surface area (TPSA) is 21.3 Å². The number of hydrogen-bond donors (Lipinski definition) is 1. The lowest BCUT2D eigenvalue weighted by Gasteiger charge is -2.07. The molecule has 0 spiro atoms. The van der Waals surface area contributed by atoms with E-state index in [0.717, 1.165) is 21.7 Å². The molecule has 0 unspecified atom stereocenters. The van der Waals surface area contributed by atoms with Crippen LogP contribution in [0.1, 0.15) is 18.1 Å². The van der Waals surface area contributed by atoms with Crippen LogP contribution in [0.2, 0.25) is 5.02 Å². The highest BCUT2D eigenvalue weighted by molar-refractivity contribution is 6.31. The van der Waals surface area contributed by atoms with Gasteiger partial charge in [0.15, 0.2) is 0 Å². The van der Waals surface area contributed by atoms with Crippen molar-refractivity contribution >= 4 is 11.6 Å². The maximum Gasteiger partial charge on any atom is 0.0887 e. The molecule has 0 bridgehead atoms. The SMILES string of the molecule is C=C(C)CONCc1ccc(Cl)c(C)c1. The molecule has 0 heterocycles. The molecule has 0 saturated heterocycles. The fourth-order valence-electron chi connectivity index (χ4n) is 1.13. The van der Waals surface area contributed by atoms with Crippen LogP contribution in [0.5, 0.6) is 0 Å². The van der Waals surface area contributed by atoms with E-state index in [1.54, 1.807) is 0 Å². The van der Waals surface area contributed by atoms with Crippen LogP contribution in [0.25, 0.3) is 0 Å². The molecule has 0 fully saturated rings. The molecule has 3 heteroatoms. The van der Waals surface area contributed by atoms with Gasteiger partial charge in [-0.05, 0) is 31.0 Å². The number of hydrogen-bond acceptors (Lipinski definition) is 2. The summed E-state index contributed by atoms with van der Waals surface area (Å²) in [4.78, 5) is 5.19. The van der Waals surface area contributed by atoms with Crippen LogP contribution in [0, 0.1) is 6.92 Å². The molecule has 0 atom stereocenters. The van der Waals surface area contributed by atoms with Crippen molar-refractivity contribution < 1.29 is 4.84 Å². The molecule has 0 saturated carbocycles. The van der Waals surface area contributed by atoms with Crippen molar-refractivity contribution in [2.45, 2.75) is 20.4 Å². The molecule has 1 aromatic carbocycles. The van der Waals surface area contributed by atoms with E-state index in [4.69, 9.17) is 16.4 Å². The molecule has 0 amide bonds. The summed E-state index contributed by atoms with van der Waals surface area (Å²) in [5.41, 5.74) is 6.10. The Morgan fingerprint density at radius 2 is 2.27 bits per heavy atom. The number of halogens is 1. The maximum absolute atomic E-state index is 5.92. The van der Waals surface area contributed by atoms with Gasteiger partial charge in [0, 0.05) is 11.6 Å². The van der Waals surface area contributed by atoms with E-state index in [1.165, 1.54) is 0 Å². The highest BCUT2D eigenvalue weighted by atomic mass is 35.5. The zero-order chi connectivity index (χ0) is 11.3. The first-order valence-corrected chi connectivity index (χ1v) is 5.21. The Balaban J connectivity index is 2.38. The Kier molecular flexibility index (Phi) is 4.82. The van der Waals surface area contributed by atoms with E-state index >= 15 is 0 Å². The van der Waals surface area contributed by atoms with E-state index in [1.807, 2.05) is 32.0 Å². The summed E-state index contributed by atoms with van der Waals surface area (Å²) in [5.74, 6) is 0. The first-order valence-electron chi connectivity index (χ1n) is 4.83. The number of hydroxylamine groups is 1. The second-order valence-electron chi connectivity index (χ2n) is 3.65. The van der Waals surface area contributed by atoms with Crippen molar-refractivity contribution in [3.05, 3.63) is 46.5 Å². The lowest BCUT2D eigenvalue weighted by molar-refractivity contribution is 0.0533. The van der Waals surface area contributed by atoms with Crippen molar-refractivity contribution in [3.63, 3.8) is 0 Å². The van der Waals surface area contributed by atoms with Crippen molar-refractivity contribution in [3.8, 4) is 0 Å². The van der Waals surface area contributed by atoms with Gasteiger partial charge < -0.3 is 0 Å². The largest absolute Gasteiger partial charge is 0.297 e. The number of rotatable bonds is 5. The summed E-state index contributed by atoms with van der Waals surface area (Å²) in [6, 6.07) is 5.92. The molecule has 0 aliphatic rings. The van der Waals surface area contributed by atoms with Crippen LogP contribution in [-0.4, -0.2) is 6.61 Å². The van der Waals surface area contributed by atoms with Crippen LogP contribution in [0.3, 0.4) is 0 Å². The standard InChI is InChI=1S/C12H16ClNO/c1-9(2)8-15-14-7-11-4-5-12(13)10(3)6-11/h4-6,14H,1,7-8H2,2-3H3. The van der Waals surface area contributed by atoms with Gasteiger partial charge in [-0.15, -0.1) is 0 Å². The van der Waals surface area contributed by atoms with Gasteiger partial charge in [-0.2, -0.15) is 5.48 Å². The van der Waals surface area contributed by atoms with Gasteiger partial charge in [-0.1, -0.05) is 35.9 Å². The van der Waals surface area contributed by atoms with Crippen LogP contribution < -0.4 is 5.48 Å². The third-order valence-corrected chi connectivity index (χ3v) is 2.34. The van der Waals surface area contributed by atoms with E-state index in [2.05, 4.69) is 12.1 Å². The first-order chi connectivity index (χ1) is 7.09. The lowest BCUT2D eigenvalue weighted by atomic mass is 10.1. The average Bonchev–Trinajstić information content (AvgIpc) is 2.18. The van der Waals surface area contributed by atoms with Gasteiger partial charge in [0.05, 0.1) is 6.61 Å². The molecule has 2 nitrogen and oxygen atoms in total. The second-order valence-corrected chi connectivity index (χ2v) is 4.06. The Morgan fingerprint density at radius 1 is 1.53 bits per heavy atom. The third-order valence-electron chi connectivity index (χ3n) is 1.92. The van der Waals surface area contributed by atoms with Gasteiger partial charge in [0.25, 0.3) is 0 Å². The van der Waals surface area contributed by atoms with E-state index in [-0.39, 0.29) is 0 Å². The van der Waals surface area contributed by atoms with Crippen LogP contribution in [0.15, 0.2) is 30.4 Å². The highest BCUT2D eigenvalue weighted by Crippen LogP contribution is 2.15. The first kappa shape index (κ1) is 12.2. The van der Waals surface area contributed by atoms with Crippen molar-refractivity contribution in [2.75, 3.05) is 6.61 Å². The molecule has 0 radical (unpaired) electrons. The predicted octanol–water partition coefficient (Wildman–Crippen LogP) is 3.25. The van der Waals surface area contributed by atoms with Gasteiger partial charge in [-0.25, -0.2) is 0 Å². The molecule has 1 N–H and O–H groups in total. The monoisotopic (exact) mass is 225 g/mol. The highest BCUT2D eigenvalue weighted by Gasteiger charge is 1.97. The van der Waals surface area contributed by atoms with Gasteiger partial charge in [0.2, 0.25) is 0 Å². The lowest BCUT2D eigenvalue weighted by Crippen LogP contribution is -2.15. The Hall–Kier alpha value is -0.830. The fourth-order valence-corrected chi connectivity index (χ4v) is 1.24. The average molecular weight is 226 g/mol. The molecule has 15 heavy (non-hydrogen) atoms. The minimum absolute atomic E-state index is 0.534. The summed E-state index contributed by atoms with van der Waals surface area (Å²) in [6.45, 7) is 8.86. The van der Waals surface area contributed by atoms with Crippen molar-refractivity contribution in [2.24, 2.45) is 0 Å². The zero-order valence-electron chi connectivity index (χ0n) is 9.14. The number of benzene rings is 1. The van der Waals surface area contributed by atoms with Crippen molar-refractivity contribution in [1.29, 1.82) is 0 Å². The van der Waals surface area contributed by atoms with Gasteiger partial charge >= 0.3 is 0 Å². The van der Waals surface area contributed by atoms with Gasteiger partial charge in [0.1, 0.15) is 0 Å². The molecule has 1 aromatic rings. The van der Waals surface area contributed by atoms with Gasteiger partial charge in [-0.3, -0.25) is 4.84 Å². The van der Waals surface area contributed by atoms with E-state index < -0.39 is 0 Å². The normalized spacial score (nSPS) is 10.3. The molecular weight excluding hydrogens is 210 g/mol. The third kappa shape index (κ3) is 4.47. The van der Waals surface area contributed by atoms with Crippen molar-refractivity contribution in [1.82, 2.24) is 5.48 Å². The number of aryl methyl sites for hydroxylation is 1. The fraction of sp³-hybridized carbons (Fsp3) is 0.333. The molecular formula is C12H16ClNO. The summed E-state index contributed by atoms with van der Waals surface area (Å²) in [5, 5.41) is 0.793. The smallest absolute Gasteiger partial charge is 0.0887 e. The van der Waals surface area contributed by atoms with Crippen LogP contribution in [0.4, 0.5) is 0 Å².